The van der Waals surface area contributed by atoms with Gasteiger partial charge in [0.15, 0.2) is 5.13 Å². The molecule has 6 heteroatoms. The molecule has 0 atom stereocenters. The minimum absolute atomic E-state index is 0.0643. The van der Waals surface area contributed by atoms with E-state index in [1.807, 2.05) is 49.4 Å². The number of carbonyl (C=O) groups excluding carboxylic acids is 1. The van der Waals surface area contributed by atoms with Crippen LogP contribution in [0.2, 0.25) is 0 Å². The Kier molecular flexibility index (Phi) is 5.50. The number of nitrogens with one attached hydrogen (secondary N) is 1. The van der Waals surface area contributed by atoms with Crippen LogP contribution in [0.4, 0.5) is 5.13 Å². The van der Waals surface area contributed by atoms with Crippen molar-refractivity contribution in [3.05, 3.63) is 48.0 Å². The van der Waals surface area contributed by atoms with E-state index in [-0.39, 0.29) is 5.91 Å². The van der Waals surface area contributed by atoms with Crippen LogP contribution < -0.4 is 14.8 Å². The van der Waals surface area contributed by atoms with Crippen LogP contribution in [0.5, 0.6) is 11.5 Å². The second-order valence-corrected chi connectivity index (χ2v) is 6.67. The number of aromatic nitrogens is 1. The summed E-state index contributed by atoms with van der Waals surface area (Å²) >= 11 is 1.44. The van der Waals surface area contributed by atoms with Gasteiger partial charge in [0.2, 0.25) is 5.91 Å². The number of methoxy groups -OCH3 is 1. The number of thiazole rings is 1. The molecule has 1 aromatic heterocycles. The minimum atomic E-state index is -0.0643. The summed E-state index contributed by atoms with van der Waals surface area (Å²) < 4.78 is 11.9. The molecule has 0 saturated carbocycles. The molecule has 5 nitrogen and oxygen atoms in total. The molecule has 3 aromatic rings. The first-order chi connectivity index (χ1) is 12.2. The summed E-state index contributed by atoms with van der Waals surface area (Å²) in [7, 11) is 1.61. The summed E-state index contributed by atoms with van der Waals surface area (Å²) in [5.41, 5.74) is 1.96. The Bertz CT molecular complexity index is 859. The topological polar surface area (TPSA) is 60.5 Å². The largest absolute Gasteiger partial charge is 0.494 e. The van der Waals surface area contributed by atoms with Gasteiger partial charge in [0.25, 0.3) is 0 Å². The molecule has 2 aromatic carbocycles. The fourth-order valence-electron chi connectivity index (χ4n) is 2.38. The number of fused-ring (bicyclic) bond motifs is 1. The highest BCUT2D eigenvalue weighted by atomic mass is 32.1. The normalized spacial score (nSPS) is 10.6. The predicted molar refractivity (Wildman–Crippen MR) is 101 cm³/mol. The number of para-hydroxylation sites is 1. The average molecular weight is 356 g/mol. The van der Waals surface area contributed by atoms with Crippen molar-refractivity contribution < 1.29 is 14.3 Å². The monoisotopic (exact) mass is 356 g/mol. The van der Waals surface area contributed by atoms with Crippen LogP contribution in [0.25, 0.3) is 10.2 Å². The second-order valence-electron chi connectivity index (χ2n) is 5.64. The van der Waals surface area contributed by atoms with Gasteiger partial charge in [0.05, 0.1) is 18.4 Å². The smallest absolute Gasteiger partial charge is 0.226 e. The van der Waals surface area contributed by atoms with Crippen LogP contribution >= 0.6 is 11.3 Å². The first kappa shape index (κ1) is 17.2. The Morgan fingerprint density at radius 1 is 1.20 bits per heavy atom. The number of hydrogen-bond acceptors (Lipinski definition) is 5. The number of hydrogen-bond donors (Lipinski definition) is 1. The SMILES string of the molecule is COc1cccc2sc(NC(=O)CCCOc3ccc(C)cc3)nc12. The van der Waals surface area contributed by atoms with Gasteiger partial charge >= 0.3 is 0 Å². The first-order valence-electron chi connectivity index (χ1n) is 8.08. The number of anilines is 1. The summed E-state index contributed by atoms with van der Waals surface area (Å²) in [4.78, 5) is 16.5. The minimum Gasteiger partial charge on any atom is -0.494 e. The van der Waals surface area contributed by atoms with Crippen LogP contribution in [0, 0.1) is 6.92 Å². The van der Waals surface area contributed by atoms with Gasteiger partial charge in [-0.3, -0.25) is 4.79 Å². The second kappa shape index (κ2) is 7.98. The lowest BCUT2D eigenvalue weighted by Crippen LogP contribution is -2.12. The van der Waals surface area contributed by atoms with Crippen LogP contribution in [0.3, 0.4) is 0 Å². The van der Waals surface area contributed by atoms with E-state index in [0.717, 1.165) is 16.0 Å². The van der Waals surface area contributed by atoms with Crippen molar-refractivity contribution in [2.45, 2.75) is 19.8 Å². The molecule has 0 aliphatic heterocycles. The Balaban J connectivity index is 1.48. The molecule has 3 rings (SSSR count). The number of carbonyl (C=O) groups is 1. The molecular formula is C19H20N2O3S. The van der Waals surface area contributed by atoms with E-state index < -0.39 is 0 Å². The third-order valence-corrected chi connectivity index (χ3v) is 4.62. The van der Waals surface area contributed by atoms with Crippen molar-refractivity contribution in [1.82, 2.24) is 4.98 Å². The van der Waals surface area contributed by atoms with Crippen LogP contribution in [0.15, 0.2) is 42.5 Å². The Hall–Kier alpha value is -2.60. The molecule has 130 valence electrons. The predicted octanol–water partition coefficient (Wildman–Crippen LogP) is 4.41. The van der Waals surface area contributed by atoms with Crippen molar-refractivity contribution in [3.8, 4) is 11.5 Å². The van der Waals surface area contributed by atoms with E-state index in [9.17, 15) is 4.79 Å². The molecule has 0 unspecified atom stereocenters. The molecule has 0 aliphatic rings. The molecule has 0 fully saturated rings. The summed E-state index contributed by atoms with van der Waals surface area (Å²) in [5, 5.41) is 3.43. The van der Waals surface area contributed by atoms with Gasteiger partial charge in [0.1, 0.15) is 17.0 Å². The number of amides is 1. The highest BCUT2D eigenvalue weighted by Gasteiger charge is 2.10. The van der Waals surface area contributed by atoms with Gasteiger partial charge in [-0.15, -0.1) is 0 Å². The average Bonchev–Trinajstić information content (AvgIpc) is 3.02. The van der Waals surface area contributed by atoms with Crippen molar-refractivity contribution in [2.24, 2.45) is 0 Å². The number of benzene rings is 2. The molecule has 0 bridgehead atoms. The maximum Gasteiger partial charge on any atom is 0.226 e. The molecule has 1 heterocycles. The van der Waals surface area contributed by atoms with Crippen molar-refractivity contribution >= 4 is 32.6 Å². The summed E-state index contributed by atoms with van der Waals surface area (Å²) in [5.74, 6) is 1.47. The fraction of sp³-hybridized carbons (Fsp3) is 0.263. The van der Waals surface area contributed by atoms with E-state index in [1.165, 1.54) is 16.9 Å². The van der Waals surface area contributed by atoms with Crippen LogP contribution in [0.1, 0.15) is 18.4 Å². The Morgan fingerprint density at radius 3 is 2.76 bits per heavy atom. The highest BCUT2D eigenvalue weighted by Crippen LogP contribution is 2.32. The first-order valence-corrected chi connectivity index (χ1v) is 8.90. The van der Waals surface area contributed by atoms with E-state index >= 15 is 0 Å². The molecule has 0 saturated heterocycles. The zero-order valence-corrected chi connectivity index (χ0v) is 15.1. The lowest BCUT2D eigenvalue weighted by molar-refractivity contribution is -0.116. The number of nitrogens with zero attached hydrogens (tertiary/aromatic N) is 1. The summed E-state index contributed by atoms with van der Waals surface area (Å²) in [6.45, 7) is 2.54. The zero-order valence-electron chi connectivity index (χ0n) is 14.2. The van der Waals surface area contributed by atoms with E-state index in [1.54, 1.807) is 7.11 Å². The molecule has 0 radical (unpaired) electrons. The van der Waals surface area contributed by atoms with Crippen LogP contribution in [-0.4, -0.2) is 24.6 Å². The lowest BCUT2D eigenvalue weighted by Gasteiger charge is -2.06. The molecular weight excluding hydrogens is 336 g/mol. The number of aryl methyl sites for hydroxylation is 1. The Labute approximate surface area is 150 Å². The van der Waals surface area contributed by atoms with Gasteiger partial charge < -0.3 is 14.8 Å². The summed E-state index contributed by atoms with van der Waals surface area (Å²) in [6, 6.07) is 13.6. The standard InChI is InChI=1S/C19H20N2O3S/c1-13-8-10-14(11-9-13)24-12-4-7-17(22)20-19-21-18-15(23-2)5-3-6-16(18)25-19/h3,5-6,8-11H,4,7,12H2,1-2H3,(H,20,21,22). The lowest BCUT2D eigenvalue weighted by atomic mass is 10.2. The maximum atomic E-state index is 12.1. The molecule has 1 amide bonds. The third kappa shape index (κ3) is 4.48. The van der Waals surface area contributed by atoms with Gasteiger partial charge in [-0.1, -0.05) is 35.1 Å². The van der Waals surface area contributed by atoms with Gasteiger partial charge in [-0.2, -0.15) is 0 Å². The van der Waals surface area contributed by atoms with Gasteiger partial charge in [-0.05, 0) is 37.6 Å². The maximum absolute atomic E-state index is 12.1. The quantitative estimate of drug-likeness (QED) is 0.637. The van der Waals surface area contributed by atoms with Gasteiger partial charge in [0, 0.05) is 6.42 Å². The Morgan fingerprint density at radius 2 is 2.00 bits per heavy atom. The van der Waals surface area contributed by atoms with Gasteiger partial charge in [-0.25, -0.2) is 4.98 Å². The molecule has 0 spiro atoms. The van der Waals surface area contributed by atoms with Crippen molar-refractivity contribution in [1.29, 1.82) is 0 Å². The molecule has 25 heavy (non-hydrogen) atoms. The number of ether oxygens (including phenoxy) is 2. The number of rotatable bonds is 7. The fourth-order valence-corrected chi connectivity index (χ4v) is 3.28. The van der Waals surface area contributed by atoms with E-state index in [0.29, 0.717) is 30.3 Å². The highest BCUT2D eigenvalue weighted by molar-refractivity contribution is 7.22. The van der Waals surface area contributed by atoms with E-state index in [4.69, 9.17) is 9.47 Å². The molecule has 0 aliphatic carbocycles. The van der Waals surface area contributed by atoms with E-state index in [2.05, 4.69) is 10.3 Å². The van der Waals surface area contributed by atoms with Crippen molar-refractivity contribution in [2.75, 3.05) is 19.0 Å². The summed E-state index contributed by atoms with van der Waals surface area (Å²) in [6.07, 6.45) is 1.03. The van der Waals surface area contributed by atoms with Crippen LogP contribution in [-0.2, 0) is 4.79 Å². The van der Waals surface area contributed by atoms with Crippen molar-refractivity contribution in [3.63, 3.8) is 0 Å². The molecule has 1 N–H and O–H groups in total. The zero-order chi connectivity index (χ0) is 17.6. The third-order valence-electron chi connectivity index (χ3n) is 3.69.